The van der Waals surface area contributed by atoms with Crippen molar-refractivity contribution in [2.24, 2.45) is 0 Å². The SMILES string of the molecule is CCCNC(=S)Nc1cc([N+](=O)[O-])ccc1C. The predicted molar refractivity (Wildman–Crippen MR) is 72.3 cm³/mol. The molecule has 1 rings (SSSR count). The number of aryl methyl sites for hydroxylation is 1. The van der Waals surface area contributed by atoms with Crippen molar-refractivity contribution < 1.29 is 4.92 Å². The molecule has 0 bridgehead atoms. The number of anilines is 1. The Hall–Kier alpha value is -1.69. The van der Waals surface area contributed by atoms with Gasteiger partial charge in [-0.15, -0.1) is 0 Å². The van der Waals surface area contributed by atoms with Gasteiger partial charge in [0, 0.05) is 24.4 Å². The molecule has 0 amide bonds. The van der Waals surface area contributed by atoms with E-state index in [1.165, 1.54) is 12.1 Å². The Morgan fingerprint density at radius 3 is 2.82 bits per heavy atom. The lowest BCUT2D eigenvalue weighted by molar-refractivity contribution is -0.384. The second kappa shape index (κ2) is 6.15. The summed E-state index contributed by atoms with van der Waals surface area (Å²) in [5.41, 5.74) is 1.63. The number of nitro groups is 1. The van der Waals surface area contributed by atoms with Crippen LogP contribution >= 0.6 is 12.2 Å². The molecule has 0 aromatic heterocycles. The Balaban J connectivity index is 2.79. The molecule has 0 aliphatic carbocycles. The largest absolute Gasteiger partial charge is 0.362 e. The summed E-state index contributed by atoms with van der Waals surface area (Å²) in [7, 11) is 0. The van der Waals surface area contributed by atoms with Gasteiger partial charge < -0.3 is 10.6 Å². The van der Waals surface area contributed by atoms with Crippen LogP contribution < -0.4 is 10.6 Å². The standard InChI is InChI=1S/C11H15N3O2S/c1-3-6-12-11(17)13-10-7-9(14(15)16)5-4-8(10)2/h4-5,7H,3,6H2,1-2H3,(H2,12,13,17). The highest BCUT2D eigenvalue weighted by Crippen LogP contribution is 2.21. The molecule has 6 heteroatoms. The third-order valence-electron chi connectivity index (χ3n) is 2.22. The molecule has 0 radical (unpaired) electrons. The van der Waals surface area contributed by atoms with E-state index < -0.39 is 4.92 Å². The molecule has 1 aromatic rings. The lowest BCUT2D eigenvalue weighted by atomic mass is 10.2. The van der Waals surface area contributed by atoms with E-state index >= 15 is 0 Å². The van der Waals surface area contributed by atoms with E-state index in [0.717, 1.165) is 18.5 Å². The first-order chi connectivity index (χ1) is 8.04. The second-order valence-electron chi connectivity index (χ2n) is 3.64. The summed E-state index contributed by atoms with van der Waals surface area (Å²) in [5.74, 6) is 0. The maximum absolute atomic E-state index is 10.7. The van der Waals surface area contributed by atoms with E-state index in [1.54, 1.807) is 6.07 Å². The molecule has 1 aromatic carbocycles. The van der Waals surface area contributed by atoms with Crippen LogP contribution in [0, 0.1) is 17.0 Å². The van der Waals surface area contributed by atoms with Gasteiger partial charge in [-0.3, -0.25) is 10.1 Å². The Labute approximate surface area is 105 Å². The van der Waals surface area contributed by atoms with Crippen LogP contribution in [0.3, 0.4) is 0 Å². The van der Waals surface area contributed by atoms with Crippen molar-refractivity contribution in [1.29, 1.82) is 0 Å². The monoisotopic (exact) mass is 253 g/mol. The Bertz CT molecular complexity index is 435. The average molecular weight is 253 g/mol. The Kier molecular flexibility index (Phi) is 4.84. The molecule has 17 heavy (non-hydrogen) atoms. The Morgan fingerprint density at radius 2 is 2.24 bits per heavy atom. The quantitative estimate of drug-likeness (QED) is 0.490. The summed E-state index contributed by atoms with van der Waals surface area (Å²) in [6.07, 6.45) is 0.968. The lowest BCUT2D eigenvalue weighted by Gasteiger charge is -2.11. The zero-order valence-electron chi connectivity index (χ0n) is 9.82. The van der Waals surface area contributed by atoms with Crippen molar-refractivity contribution >= 4 is 28.7 Å². The molecule has 0 atom stereocenters. The number of rotatable bonds is 4. The van der Waals surface area contributed by atoms with Crippen LogP contribution in [0.15, 0.2) is 18.2 Å². The summed E-state index contributed by atoms with van der Waals surface area (Å²) in [6, 6.07) is 4.65. The average Bonchev–Trinajstić information content (AvgIpc) is 2.29. The molecule has 92 valence electrons. The first kappa shape index (κ1) is 13.4. The number of benzene rings is 1. The first-order valence-electron chi connectivity index (χ1n) is 5.34. The van der Waals surface area contributed by atoms with Gasteiger partial charge >= 0.3 is 0 Å². The highest BCUT2D eigenvalue weighted by Gasteiger charge is 2.09. The maximum atomic E-state index is 10.7. The van der Waals surface area contributed by atoms with E-state index in [2.05, 4.69) is 10.6 Å². The zero-order chi connectivity index (χ0) is 12.8. The molecule has 0 unspecified atom stereocenters. The molecule has 0 saturated heterocycles. The van der Waals surface area contributed by atoms with E-state index in [0.29, 0.717) is 10.8 Å². The van der Waals surface area contributed by atoms with Gasteiger partial charge in [-0.1, -0.05) is 13.0 Å². The zero-order valence-corrected chi connectivity index (χ0v) is 10.6. The van der Waals surface area contributed by atoms with Crippen LogP contribution in [0.5, 0.6) is 0 Å². The maximum Gasteiger partial charge on any atom is 0.271 e. The minimum absolute atomic E-state index is 0.0522. The van der Waals surface area contributed by atoms with E-state index in [9.17, 15) is 10.1 Å². The number of thiocarbonyl (C=S) groups is 1. The summed E-state index contributed by atoms with van der Waals surface area (Å²) in [5, 5.41) is 17.1. The van der Waals surface area contributed by atoms with Gasteiger partial charge in [-0.05, 0) is 31.1 Å². The fourth-order valence-corrected chi connectivity index (χ4v) is 1.48. The van der Waals surface area contributed by atoms with E-state index in [1.807, 2.05) is 13.8 Å². The van der Waals surface area contributed by atoms with E-state index in [-0.39, 0.29) is 5.69 Å². The molecule has 5 nitrogen and oxygen atoms in total. The van der Waals surface area contributed by atoms with Gasteiger partial charge in [-0.25, -0.2) is 0 Å². The van der Waals surface area contributed by atoms with Crippen molar-refractivity contribution in [1.82, 2.24) is 5.32 Å². The number of non-ortho nitro benzene ring substituents is 1. The summed E-state index contributed by atoms with van der Waals surface area (Å²) in [4.78, 5) is 10.2. The summed E-state index contributed by atoms with van der Waals surface area (Å²) >= 11 is 5.08. The molecule has 0 saturated carbocycles. The first-order valence-corrected chi connectivity index (χ1v) is 5.75. The molecule has 0 aliphatic rings. The third-order valence-corrected chi connectivity index (χ3v) is 2.46. The van der Waals surface area contributed by atoms with Crippen LogP contribution in [0.4, 0.5) is 11.4 Å². The number of nitrogens with zero attached hydrogens (tertiary/aromatic N) is 1. The van der Waals surface area contributed by atoms with Gasteiger partial charge in [-0.2, -0.15) is 0 Å². The minimum atomic E-state index is -0.423. The predicted octanol–water partition coefficient (Wildman–Crippen LogP) is 2.60. The number of nitro benzene ring substituents is 1. The highest BCUT2D eigenvalue weighted by atomic mass is 32.1. The molecular weight excluding hydrogens is 238 g/mol. The van der Waals surface area contributed by atoms with Crippen molar-refractivity contribution in [3.63, 3.8) is 0 Å². The smallest absolute Gasteiger partial charge is 0.271 e. The van der Waals surface area contributed by atoms with E-state index in [4.69, 9.17) is 12.2 Å². The fraction of sp³-hybridized carbons (Fsp3) is 0.364. The molecular formula is C11H15N3O2S. The van der Waals surface area contributed by atoms with Crippen molar-refractivity contribution in [2.75, 3.05) is 11.9 Å². The topological polar surface area (TPSA) is 67.2 Å². The number of hydrogen-bond donors (Lipinski definition) is 2. The third kappa shape index (κ3) is 3.99. The summed E-state index contributed by atoms with van der Waals surface area (Å²) < 4.78 is 0. The molecule has 0 spiro atoms. The van der Waals surface area contributed by atoms with Crippen LogP contribution in [-0.2, 0) is 0 Å². The van der Waals surface area contributed by atoms with Gasteiger partial charge in [0.05, 0.1) is 4.92 Å². The second-order valence-corrected chi connectivity index (χ2v) is 4.05. The molecule has 2 N–H and O–H groups in total. The van der Waals surface area contributed by atoms with Crippen LogP contribution in [0.25, 0.3) is 0 Å². The van der Waals surface area contributed by atoms with Crippen LogP contribution in [0.2, 0.25) is 0 Å². The molecule has 0 heterocycles. The fourth-order valence-electron chi connectivity index (χ4n) is 1.26. The van der Waals surface area contributed by atoms with Gasteiger partial charge in [0.2, 0.25) is 0 Å². The summed E-state index contributed by atoms with van der Waals surface area (Å²) in [6.45, 7) is 4.68. The van der Waals surface area contributed by atoms with Crippen molar-refractivity contribution in [2.45, 2.75) is 20.3 Å². The minimum Gasteiger partial charge on any atom is -0.362 e. The van der Waals surface area contributed by atoms with Gasteiger partial charge in [0.15, 0.2) is 5.11 Å². The molecule has 0 aliphatic heterocycles. The normalized spacial score (nSPS) is 9.76. The Morgan fingerprint density at radius 1 is 1.53 bits per heavy atom. The molecule has 0 fully saturated rings. The van der Waals surface area contributed by atoms with Gasteiger partial charge in [0.25, 0.3) is 5.69 Å². The van der Waals surface area contributed by atoms with Crippen LogP contribution in [-0.4, -0.2) is 16.6 Å². The van der Waals surface area contributed by atoms with Crippen LogP contribution in [0.1, 0.15) is 18.9 Å². The van der Waals surface area contributed by atoms with Crippen molar-refractivity contribution in [3.8, 4) is 0 Å². The number of nitrogens with one attached hydrogen (secondary N) is 2. The lowest BCUT2D eigenvalue weighted by Crippen LogP contribution is -2.29. The van der Waals surface area contributed by atoms with Crippen molar-refractivity contribution in [3.05, 3.63) is 33.9 Å². The number of hydrogen-bond acceptors (Lipinski definition) is 3. The highest BCUT2D eigenvalue weighted by molar-refractivity contribution is 7.80. The van der Waals surface area contributed by atoms with Gasteiger partial charge in [0.1, 0.15) is 0 Å².